The highest BCUT2D eigenvalue weighted by Crippen LogP contribution is 2.24. The van der Waals surface area contributed by atoms with E-state index in [0.717, 1.165) is 21.5 Å². The molecule has 1 atom stereocenters. The Morgan fingerprint density at radius 1 is 1.61 bits per heavy atom. The molecule has 0 aliphatic heterocycles. The minimum atomic E-state index is -0.302. The van der Waals surface area contributed by atoms with E-state index in [1.165, 1.54) is 0 Å². The normalized spacial score (nSPS) is 12.2. The predicted octanol–water partition coefficient (Wildman–Crippen LogP) is 1.91. The van der Waals surface area contributed by atoms with Crippen LogP contribution in [0.25, 0.3) is 0 Å². The summed E-state index contributed by atoms with van der Waals surface area (Å²) in [6.07, 6.45) is 0. The van der Waals surface area contributed by atoms with Gasteiger partial charge in [0.05, 0.1) is 0 Å². The van der Waals surface area contributed by atoms with Crippen molar-refractivity contribution in [1.29, 1.82) is 0 Å². The second-order valence-electron chi connectivity index (χ2n) is 4.08. The first-order chi connectivity index (χ1) is 8.58. The van der Waals surface area contributed by atoms with Gasteiger partial charge in [0.2, 0.25) is 0 Å². The van der Waals surface area contributed by atoms with Gasteiger partial charge < -0.3 is 5.11 Å². The first kappa shape index (κ1) is 15.5. The third kappa shape index (κ3) is 4.61. The fraction of sp³-hybridized carbons (Fsp3) is 0.417. The molecule has 18 heavy (non-hydrogen) atoms. The van der Waals surface area contributed by atoms with Gasteiger partial charge >= 0.3 is 0 Å². The minimum Gasteiger partial charge on any atom is -0.396 e. The molecule has 0 aliphatic carbocycles. The molecule has 0 saturated carbocycles. The Balaban J connectivity index is 2.60. The summed E-state index contributed by atoms with van der Waals surface area (Å²) >= 11 is 5.20. The van der Waals surface area contributed by atoms with E-state index in [0.29, 0.717) is 11.5 Å². The number of hydrogen-bond donors (Lipinski definition) is 3. The summed E-state index contributed by atoms with van der Waals surface area (Å²) in [5.74, 6) is 6.83. The van der Waals surface area contributed by atoms with E-state index in [1.54, 1.807) is 23.9 Å². The smallest absolute Gasteiger partial charge is 0.265 e. The molecule has 100 valence electrons. The van der Waals surface area contributed by atoms with Crippen molar-refractivity contribution in [2.75, 3.05) is 12.4 Å². The van der Waals surface area contributed by atoms with Crippen LogP contribution >= 0.6 is 27.7 Å². The highest BCUT2D eigenvalue weighted by atomic mass is 79.9. The Morgan fingerprint density at radius 3 is 2.89 bits per heavy atom. The summed E-state index contributed by atoms with van der Waals surface area (Å²) in [6.45, 7) is 2.22. The van der Waals surface area contributed by atoms with Gasteiger partial charge in [-0.15, -0.1) is 0 Å². The summed E-state index contributed by atoms with van der Waals surface area (Å²) in [6, 6.07) is 5.41. The first-order valence-corrected chi connectivity index (χ1v) is 7.51. The maximum absolute atomic E-state index is 11.3. The Bertz CT molecular complexity index is 415. The van der Waals surface area contributed by atoms with Crippen LogP contribution in [0.5, 0.6) is 0 Å². The molecule has 1 unspecified atom stereocenters. The largest absolute Gasteiger partial charge is 0.396 e. The van der Waals surface area contributed by atoms with Crippen LogP contribution in [0, 0.1) is 5.92 Å². The van der Waals surface area contributed by atoms with Gasteiger partial charge in [0, 0.05) is 22.4 Å². The van der Waals surface area contributed by atoms with Gasteiger partial charge in [-0.2, -0.15) is 11.8 Å². The average Bonchev–Trinajstić information content (AvgIpc) is 2.39. The number of rotatable bonds is 6. The van der Waals surface area contributed by atoms with Crippen LogP contribution in [0.1, 0.15) is 22.8 Å². The lowest BCUT2D eigenvalue weighted by molar-refractivity contribution is 0.0953. The third-order valence-electron chi connectivity index (χ3n) is 2.42. The van der Waals surface area contributed by atoms with Gasteiger partial charge in [-0.3, -0.25) is 10.2 Å². The highest BCUT2D eigenvalue weighted by molar-refractivity contribution is 9.10. The topological polar surface area (TPSA) is 75.3 Å². The van der Waals surface area contributed by atoms with Gasteiger partial charge in [0.1, 0.15) is 0 Å². The van der Waals surface area contributed by atoms with Crippen molar-refractivity contribution in [2.45, 2.75) is 12.7 Å². The Labute approximate surface area is 119 Å². The molecular formula is C12H17BrN2O2S. The fourth-order valence-corrected chi connectivity index (χ4v) is 3.11. The molecule has 1 amide bonds. The van der Waals surface area contributed by atoms with E-state index >= 15 is 0 Å². The quantitative estimate of drug-likeness (QED) is 0.422. The van der Waals surface area contributed by atoms with E-state index in [1.807, 2.05) is 13.0 Å². The highest BCUT2D eigenvalue weighted by Gasteiger charge is 2.08. The Kier molecular flexibility index (Phi) is 6.70. The molecule has 6 heteroatoms. The van der Waals surface area contributed by atoms with Crippen molar-refractivity contribution in [3.63, 3.8) is 0 Å². The number of carbonyl (C=O) groups excluding carboxylic acids is 1. The maximum atomic E-state index is 11.3. The van der Waals surface area contributed by atoms with E-state index in [9.17, 15) is 4.79 Å². The fourth-order valence-electron chi connectivity index (χ4n) is 1.31. The number of aliphatic hydroxyl groups is 1. The van der Waals surface area contributed by atoms with Crippen molar-refractivity contribution in [3.8, 4) is 0 Å². The van der Waals surface area contributed by atoms with E-state index in [4.69, 9.17) is 10.9 Å². The summed E-state index contributed by atoms with van der Waals surface area (Å²) in [4.78, 5) is 11.3. The minimum absolute atomic E-state index is 0.212. The zero-order chi connectivity index (χ0) is 13.5. The molecule has 0 aromatic heterocycles. The zero-order valence-electron chi connectivity index (χ0n) is 10.1. The Hall–Kier alpha value is -0.560. The van der Waals surface area contributed by atoms with Crippen LogP contribution in [-0.4, -0.2) is 23.4 Å². The van der Waals surface area contributed by atoms with Crippen LogP contribution in [0.4, 0.5) is 0 Å². The molecule has 4 nitrogen and oxygen atoms in total. The van der Waals surface area contributed by atoms with Crippen LogP contribution in [0.15, 0.2) is 22.7 Å². The molecule has 0 spiro atoms. The molecule has 0 saturated heterocycles. The summed E-state index contributed by atoms with van der Waals surface area (Å²) < 4.78 is 0.896. The number of nitrogens with two attached hydrogens (primary N) is 1. The second kappa shape index (κ2) is 7.78. The predicted molar refractivity (Wildman–Crippen MR) is 78.2 cm³/mol. The number of nitrogens with one attached hydrogen (secondary N) is 1. The van der Waals surface area contributed by atoms with Crippen LogP contribution in [0.2, 0.25) is 0 Å². The lowest BCUT2D eigenvalue weighted by Gasteiger charge is -2.09. The lowest BCUT2D eigenvalue weighted by Crippen LogP contribution is -2.29. The molecule has 1 aromatic carbocycles. The number of thioether (sulfide) groups is 1. The van der Waals surface area contributed by atoms with Gasteiger partial charge in [0.15, 0.2) is 0 Å². The lowest BCUT2D eigenvalue weighted by atomic mass is 10.1. The summed E-state index contributed by atoms with van der Waals surface area (Å²) in [5.41, 5.74) is 3.75. The summed E-state index contributed by atoms with van der Waals surface area (Å²) in [5, 5.41) is 8.93. The number of hydrazine groups is 1. The number of aliphatic hydroxyl groups excluding tert-OH is 1. The van der Waals surface area contributed by atoms with E-state index in [-0.39, 0.29) is 12.5 Å². The SMILES string of the molecule is CC(CO)CSCc1ccc(C(=O)NN)cc1Br. The molecule has 0 radical (unpaired) electrons. The number of amides is 1. The standard InChI is InChI=1S/C12H17BrN2O2S/c1-8(5-16)6-18-7-10-3-2-9(4-11(10)13)12(17)15-14/h2-4,8,16H,5-7,14H2,1H3,(H,15,17). The molecular weight excluding hydrogens is 316 g/mol. The number of nitrogen functional groups attached to an aromatic ring is 1. The van der Waals surface area contributed by atoms with E-state index < -0.39 is 0 Å². The molecule has 1 aromatic rings. The van der Waals surface area contributed by atoms with Crippen LogP contribution in [-0.2, 0) is 5.75 Å². The molecule has 4 N–H and O–H groups in total. The van der Waals surface area contributed by atoms with Gasteiger partial charge in [-0.05, 0) is 29.4 Å². The van der Waals surface area contributed by atoms with Crippen molar-refractivity contribution < 1.29 is 9.90 Å². The second-order valence-corrected chi connectivity index (χ2v) is 5.97. The maximum Gasteiger partial charge on any atom is 0.265 e. The Morgan fingerprint density at radius 2 is 2.33 bits per heavy atom. The average molecular weight is 333 g/mol. The molecule has 0 bridgehead atoms. The van der Waals surface area contributed by atoms with Gasteiger partial charge in [0.25, 0.3) is 5.91 Å². The van der Waals surface area contributed by atoms with Crippen molar-refractivity contribution >= 4 is 33.6 Å². The number of halogens is 1. The van der Waals surface area contributed by atoms with Crippen LogP contribution < -0.4 is 11.3 Å². The molecule has 1 rings (SSSR count). The number of carbonyl (C=O) groups is 1. The van der Waals surface area contributed by atoms with Crippen LogP contribution in [0.3, 0.4) is 0 Å². The molecule has 0 aliphatic rings. The van der Waals surface area contributed by atoms with Crippen molar-refractivity contribution in [1.82, 2.24) is 5.43 Å². The first-order valence-electron chi connectivity index (χ1n) is 5.56. The van der Waals surface area contributed by atoms with Crippen molar-refractivity contribution in [3.05, 3.63) is 33.8 Å². The summed E-state index contributed by atoms with van der Waals surface area (Å²) in [7, 11) is 0. The molecule has 0 fully saturated rings. The molecule has 0 heterocycles. The zero-order valence-corrected chi connectivity index (χ0v) is 12.6. The van der Waals surface area contributed by atoms with Crippen molar-refractivity contribution in [2.24, 2.45) is 11.8 Å². The number of benzene rings is 1. The monoisotopic (exact) mass is 332 g/mol. The van der Waals surface area contributed by atoms with Gasteiger partial charge in [-0.25, -0.2) is 5.84 Å². The number of hydrogen-bond acceptors (Lipinski definition) is 4. The third-order valence-corrected chi connectivity index (χ3v) is 4.48. The van der Waals surface area contributed by atoms with E-state index in [2.05, 4.69) is 21.4 Å². The van der Waals surface area contributed by atoms with Gasteiger partial charge in [-0.1, -0.05) is 28.9 Å².